The number of aromatic nitrogens is 1. The van der Waals surface area contributed by atoms with E-state index < -0.39 is 0 Å². The molecule has 1 saturated heterocycles. The van der Waals surface area contributed by atoms with E-state index in [-0.39, 0.29) is 24.5 Å². The highest BCUT2D eigenvalue weighted by atomic mass is 16.5. The molecular weight excluding hydrogens is 370 g/mol. The lowest BCUT2D eigenvalue weighted by atomic mass is 10.1. The Morgan fingerprint density at radius 3 is 2.55 bits per heavy atom. The summed E-state index contributed by atoms with van der Waals surface area (Å²) in [6, 6.07) is 12.5. The fourth-order valence-electron chi connectivity index (χ4n) is 3.66. The van der Waals surface area contributed by atoms with E-state index in [1.54, 1.807) is 37.5 Å². The van der Waals surface area contributed by atoms with Crippen LogP contribution in [-0.2, 0) is 0 Å². The van der Waals surface area contributed by atoms with Gasteiger partial charge in [-0.05, 0) is 18.2 Å². The number of nitrogens with one attached hydrogen (secondary N) is 1. The van der Waals surface area contributed by atoms with Gasteiger partial charge in [0.05, 0.1) is 17.7 Å². The van der Waals surface area contributed by atoms with Crippen molar-refractivity contribution in [3.63, 3.8) is 0 Å². The molecule has 8 heteroatoms. The van der Waals surface area contributed by atoms with Crippen LogP contribution in [0.1, 0.15) is 27.1 Å². The number of ether oxygens (including phenoxy) is 1. The number of fused-ring (bicyclic) bond motifs is 1. The molecule has 1 aromatic carbocycles. The average Bonchev–Trinajstić information content (AvgIpc) is 3.30. The lowest BCUT2D eigenvalue weighted by Crippen LogP contribution is -2.44. The minimum Gasteiger partial charge on any atom is -0.472 e. The molecule has 8 nitrogen and oxygen atoms in total. The van der Waals surface area contributed by atoms with E-state index in [9.17, 15) is 9.59 Å². The fraction of sp³-hybridized carbons (Fsp3) is 0.333. The average molecular weight is 393 g/mol. The molecule has 0 aliphatic carbocycles. The molecule has 0 saturated carbocycles. The molecule has 0 radical (unpaired) electrons. The Morgan fingerprint density at radius 1 is 1.17 bits per heavy atom. The van der Waals surface area contributed by atoms with Crippen LogP contribution in [0.3, 0.4) is 0 Å². The lowest BCUT2D eigenvalue weighted by Gasteiger charge is -2.22. The van der Waals surface area contributed by atoms with Gasteiger partial charge in [-0.25, -0.2) is 4.98 Å². The highest BCUT2D eigenvalue weighted by Crippen LogP contribution is 2.22. The number of guanidine groups is 1. The van der Waals surface area contributed by atoms with Crippen molar-refractivity contribution in [1.29, 1.82) is 0 Å². The maximum atomic E-state index is 12.4. The Labute approximate surface area is 169 Å². The van der Waals surface area contributed by atoms with Crippen molar-refractivity contribution in [3.05, 3.63) is 59.8 Å². The van der Waals surface area contributed by atoms with Crippen molar-refractivity contribution < 1.29 is 14.3 Å². The fourth-order valence-corrected chi connectivity index (χ4v) is 3.66. The van der Waals surface area contributed by atoms with Gasteiger partial charge in [0.1, 0.15) is 6.10 Å². The van der Waals surface area contributed by atoms with Gasteiger partial charge >= 0.3 is 0 Å². The topological polar surface area (TPSA) is 87.1 Å². The third kappa shape index (κ3) is 3.91. The minimum absolute atomic E-state index is 0.0414. The Hall–Kier alpha value is -3.42. The molecule has 2 aromatic rings. The molecule has 1 fully saturated rings. The van der Waals surface area contributed by atoms with Crippen molar-refractivity contribution in [2.75, 3.05) is 33.2 Å². The molecule has 150 valence electrons. The molecule has 1 N–H and O–H groups in total. The molecule has 3 heterocycles. The van der Waals surface area contributed by atoms with Crippen molar-refractivity contribution in [3.8, 4) is 5.88 Å². The number of likely N-dealkylation sites (tertiary alicyclic amines) is 1. The van der Waals surface area contributed by atoms with Gasteiger partial charge < -0.3 is 15.0 Å². The maximum absolute atomic E-state index is 12.4. The van der Waals surface area contributed by atoms with Gasteiger partial charge in [0.15, 0.2) is 5.96 Å². The zero-order chi connectivity index (χ0) is 20.2. The summed E-state index contributed by atoms with van der Waals surface area (Å²) in [7, 11) is 1.72. The normalized spacial score (nSPS) is 18.9. The van der Waals surface area contributed by atoms with Crippen LogP contribution in [0.25, 0.3) is 0 Å². The molecule has 4 rings (SSSR count). The highest BCUT2D eigenvalue weighted by Gasteiger charge is 2.34. The zero-order valence-electron chi connectivity index (χ0n) is 16.2. The Balaban J connectivity index is 1.28. The summed E-state index contributed by atoms with van der Waals surface area (Å²) in [5, 5.41) is 3.25. The second-order valence-electron chi connectivity index (χ2n) is 6.92. The second-order valence-corrected chi connectivity index (χ2v) is 6.92. The first-order valence-electron chi connectivity index (χ1n) is 9.66. The number of amides is 2. The smallest absolute Gasteiger partial charge is 0.261 e. The number of benzene rings is 1. The van der Waals surface area contributed by atoms with Gasteiger partial charge in [-0.15, -0.1) is 0 Å². The van der Waals surface area contributed by atoms with E-state index in [4.69, 9.17) is 4.74 Å². The summed E-state index contributed by atoms with van der Waals surface area (Å²) in [6.07, 6.45) is 2.62. The van der Waals surface area contributed by atoms with Gasteiger partial charge in [-0.1, -0.05) is 18.2 Å². The van der Waals surface area contributed by atoms with Crippen molar-refractivity contribution in [2.45, 2.75) is 12.5 Å². The highest BCUT2D eigenvalue weighted by molar-refractivity contribution is 6.21. The number of carbonyl (C=O) groups is 2. The monoisotopic (exact) mass is 393 g/mol. The van der Waals surface area contributed by atoms with E-state index in [0.29, 0.717) is 30.1 Å². The SMILES string of the molecule is CN=C(NCCN1C(=O)c2ccccc2C1=O)N1CCC(Oc2ccccn2)C1. The van der Waals surface area contributed by atoms with E-state index >= 15 is 0 Å². The first kappa shape index (κ1) is 18.9. The largest absolute Gasteiger partial charge is 0.472 e. The predicted molar refractivity (Wildman–Crippen MR) is 108 cm³/mol. The van der Waals surface area contributed by atoms with Crippen LogP contribution in [0, 0.1) is 0 Å². The van der Waals surface area contributed by atoms with Crippen molar-refractivity contribution in [2.24, 2.45) is 4.99 Å². The summed E-state index contributed by atoms with van der Waals surface area (Å²) in [6.45, 7) is 2.22. The number of imide groups is 1. The van der Waals surface area contributed by atoms with Gasteiger partial charge in [0.25, 0.3) is 11.8 Å². The third-order valence-corrected chi connectivity index (χ3v) is 5.08. The molecule has 1 atom stereocenters. The van der Waals surface area contributed by atoms with Crippen LogP contribution >= 0.6 is 0 Å². The van der Waals surface area contributed by atoms with Crippen molar-refractivity contribution in [1.82, 2.24) is 20.1 Å². The van der Waals surface area contributed by atoms with E-state index in [0.717, 1.165) is 18.9 Å². The number of hydrogen-bond donors (Lipinski definition) is 1. The summed E-state index contributed by atoms with van der Waals surface area (Å²) >= 11 is 0. The summed E-state index contributed by atoms with van der Waals surface area (Å²) in [5.41, 5.74) is 0.937. The van der Waals surface area contributed by atoms with Crippen molar-refractivity contribution >= 4 is 17.8 Å². The molecular formula is C21H23N5O3. The first-order chi connectivity index (χ1) is 14.2. The molecule has 2 amide bonds. The predicted octanol–water partition coefficient (Wildman–Crippen LogP) is 1.41. The molecule has 2 aliphatic heterocycles. The lowest BCUT2D eigenvalue weighted by molar-refractivity contribution is 0.0657. The van der Waals surface area contributed by atoms with Crippen LogP contribution in [0.15, 0.2) is 53.7 Å². The molecule has 0 spiro atoms. The van der Waals surface area contributed by atoms with Crippen LogP contribution in [0.2, 0.25) is 0 Å². The third-order valence-electron chi connectivity index (χ3n) is 5.08. The van der Waals surface area contributed by atoms with Crippen LogP contribution in [0.4, 0.5) is 0 Å². The number of hydrogen-bond acceptors (Lipinski definition) is 5. The van der Waals surface area contributed by atoms with E-state index in [1.807, 2.05) is 18.2 Å². The molecule has 1 unspecified atom stereocenters. The Bertz CT molecular complexity index is 896. The molecule has 1 aromatic heterocycles. The number of carbonyl (C=O) groups excluding carboxylic acids is 2. The minimum atomic E-state index is -0.243. The summed E-state index contributed by atoms with van der Waals surface area (Å²) < 4.78 is 5.92. The standard InChI is InChI=1S/C21H23N5O3/c1-22-21(25-12-9-15(14-25)29-18-8-4-5-10-23-18)24-11-13-26-19(27)16-6-2-3-7-17(16)20(26)28/h2-8,10,15H,9,11-14H2,1H3,(H,22,24). The summed E-state index contributed by atoms with van der Waals surface area (Å²) in [4.78, 5) is 36.8. The van der Waals surface area contributed by atoms with Crippen LogP contribution in [0.5, 0.6) is 5.88 Å². The molecule has 2 aliphatic rings. The Morgan fingerprint density at radius 2 is 1.90 bits per heavy atom. The zero-order valence-corrected chi connectivity index (χ0v) is 16.2. The Kier molecular flexibility index (Phi) is 5.41. The second kappa shape index (κ2) is 8.30. The van der Waals surface area contributed by atoms with E-state index in [1.165, 1.54) is 4.90 Å². The number of pyridine rings is 1. The number of rotatable bonds is 5. The quantitative estimate of drug-likeness (QED) is 0.470. The maximum Gasteiger partial charge on any atom is 0.261 e. The van der Waals surface area contributed by atoms with Gasteiger partial charge in [-0.3, -0.25) is 19.5 Å². The van der Waals surface area contributed by atoms with E-state index in [2.05, 4.69) is 20.2 Å². The van der Waals surface area contributed by atoms with Crippen LogP contribution < -0.4 is 10.1 Å². The first-order valence-corrected chi connectivity index (χ1v) is 9.66. The van der Waals surface area contributed by atoms with Crippen LogP contribution in [-0.4, -0.2) is 71.9 Å². The van der Waals surface area contributed by atoms with Gasteiger partial charge in [-0.2, -0.15) is 0 Å². The number of aliphatic imine (C=N–C) groups is 1. The number of nitrogens with zero attached hydrogens (tertiary/aromatic N) is 4. The van der Waals surface area contributed by atoms with Gasteiger partial charge in [0, 0.05) is 45.4 Å². The summed E-state index contributed by atoms with van der Waals surface area (Å²) in [5.74, 6) is 0.862. The molecule has 29 heavy (non-hydrogen) atoms. The molecule has 0 bridgehead atoms. The van der Waals surface area contributed by atoms with Gasteiger partial charge in [0.2, 0.25) is 5.88 Å².